The maximum absolute atomic E-state index is 6.23. The third-order valence-electron chi connectivity index (χ3n) is 2.77. The van der Waals surface area contributed by atoms with Gasteiger partial charge in [-0.05, 0) is 30.3 Å². The van der Waals surface area contributed by atoms with E-state index in [1.807, 2.05) is 30.3 Å². The van der Waals surface area contributed by atoms with E-state index in [1.54, 1.807) is 0 Å². The molecule has 0 aliphatic carbocycles. The summed E-state index contributed by atoms with van der Waals surface area (Å²) in [5, 5.41) is 0.631. The number of nitrogen functional groups attached to an aromatic ring is 1. The molecule has 19 heavy (non-hydrogen) atoms. The van der Waals surface area contributed by atoms with Gasteiger partial charge in [0.05, 0.1) is 16.2 Å². The number of aromatic nitrogens is 2. The number of hydrogen-bond acceptors (Lipinski definition) is 2. The number of aromatic amines is 1. The van der Waals surface area contributed by atoms with Crippen molar-refractivity contribution in [2.75, 3.05) is 5.73 Å². The van der Waals surface area contributed by atoms with Crippen molar-refractivity contribution in [2.24, 2.45) is 0 Å². The molecule has 96 valence electrons. The number of H-pyrrole nitrogens is 1. The topological polar surface area (TPSA) is 54.7 Å². The smallest absolute Gasteiger partial charge is 0.140 e. The van der Waals surface area contributed by atoms with Crippen LogP contribution < -0.4 is 5.73 Å². The Bertz CT molecular complexity index is 783. The fourth-order valence-corrected chi connectivity index (χ4v) is 3.16. The lowest BCUT2D eigenvalue weighted by molar-refractivity contribution is 1.33. The molecule has 1 heterocycles. The average molecular weight is 401 g/mol. The Morgan fingerprint density at radius 3 is 2.63 bits per heavy atom. The predicted octanol–water partition coefficient (Wildman–Crippen LogP) is 4.99. The van der Waals surface area contributed by atoms with Crippen LogP contribution in [0.1, 0.15) is 0 Å². The fraction of sp³-hybridized carbons (Fsp3) is 0. The Morgan fingerprint density at radius 1 is 1.11 bits per heavy atom. The molecule has 0 saturated heterocycles. The molecule has 3 nitrogen and oxygen atoms in total. The molecule has 2 aromatic carbocycles. The SMILES string of the molecule is Nc1cc(Br)cc2[nH]c(-c3ccc(Br)cc3Cl)nc12. The molecule has 0 saturated carbocycles. The lowest BCUT2D eigenvalue weighted by Gasteiger charge is -2.00. The first-order chi connectivity index (χ1) is 9.04. The normalized spacial score (nSPS) is 11.1. The standard InChI is InChI=1S/C13H8Br2ClN3/c14-6-1-2-8(9(16)3-6)13-18-11-5-7(15)4-10(17)12(11)19-13/h1-5H,17H2,(H,18,19). The van der Waals surface area contributed by atoms with Crippen molar-refractivity contribution in [3.05, 3.63) is 44.3 Å². The van der Waals surface area contributed by atoms with E-state index < -0.39 is 0 Å². The highest BCUT2D eigenvalue weighted by atomic mass is 79.9. The first-order valence-electron chi connectivity index (χ1n) is 5.45. The van der Waals surface area contributed by atoms with Crippen LogP contribution in [0.4, 0.5) is 5.69 Å². The van der Waals surface area contributed by atoms with Crippen LogP contribution >= 0.6 is 43.5 Å². The Morgan fingerprint density at radius 2 is 1.89 bits per heavy atom. The van der Waals surface area contributed by atoms with Crippen LogP contribution in [0.15, 0.2) is 39.3 Å². The zero-order valence-corrected chi connectivity index (χ0v) is 13.5. The number of imidazole rings is 1. The lowest BCUT2D eigenvalue weighted by Crippen LogP contribution is -1.86. The van der Waals surface area contributed by atoms with Gasteiger partial charge in [-0.1, -0.05) is 43.5 Å². The summed E-state index contributed by atoms with van der Waals surface area (Å²) in [6.07, 6.45) is 0. The molecule has 0 atom stereocenters. The van der Waals surface area contributed by atoms with Gasteiger partial charge in [0.2, 0.25) is 0 Å². The number of nitrogens with zero attached hydrogens (tertiary/aromatic N) is 1. The van der Waals surface area contributed by atoms with Crippen molar-refractivity contribution in [1.82, 2.24) is 9.97 Å². The Labute approximate surface area is 131 Å². The first kappa shape index (κ1) is 13.0. The van der Waals surface area contributed by atoms with E-state index in [2.05, 4.69) is 41.8 Å². The molecule has 0 aliphatic heterocycles. The van der Waals surface area contributed by atoms with Gasteiger partial charge >= 0.3 is 0 Å². The van der Waals surface area contributed by atoms with Crippen LogP contribution in [0.25, 0.3) is 22.4 Å². The van der Waals surface area contributed by atoms with E-state index in [1.165, 1.54) is 0 Å². The van der Waals surface area contributed by atoms with E-state index in [0.717, 1.165) is 25.5 Å². The van der Waals surface area contributed by atoms with Crippen molar-refractivity contribution in [3.63, 3.8) is 0 Å². The third kappa shape index (κ3) is 2.38. The minimum atomic E-state index is 0.625. The molecule has 0 fully saturated rings. The van der Waals surface area contributed by atoms with Gasteiger partial charge in [-0.3, -0.25) is 0 Å². The predicted molar refractivity (Wildman–Crippen MR) is 86.4 cm³/mol. The number of fused-ring (bicyclic) bond motifs is 1. The first-order valence-corrected chi connectivity index (χ1v) is 7.41. The molecule has 0 unspecified atom stereocenters. The zero-order valence-electron chi connectivity index (χ0n) is 9.55. The summed E-state index contributed by atoms with van der Waals surface area (Å²) < 4.78 is 1.84. The van der Waals surface area contributed by atoms with Gasteiger partial charge in [-0.2, -0.15) is 0 Å². The molecule has 0 bridgehead atoms. The molecule has 0 aliphatic rings. The summed E-state index contributed by atoms with van der Waals surface area (Å²) in [5.74, 6) is 0.706. The average Bonchev–Trinajstić information content (AvgIpc) is 2.72. The van der Waals surface area contributed by atoms with E-state index in [9.17, 15) is 0 Å². The lowest BCUT2D eigenvalue weighted by atomic mass is 10.2. The van der Waals surface area contributed by atoms with Crippen molar-refractivity contribution in [2.45, 2.75) is 0 Å². The van der Waals surface area contributed by atoms with E-state index >= 15 is 0 Å². The largest absolute Gasteiger partial charge is 0.397 e. The molecule has 0 amide bonds. The van der Waals surface area contributed by atoms with Crippen LogP contribution in [0, 0.1) is 0 Å². The minimum absolute atomic E-state index is 0.625. The maximum atomic E-state index is 6.23. The Kier molecular flexibility index (Phi) is 3.28. The van der Waals surface area contributed by atoms with Gasteiger partial charge in [0.15, 0.2) is 0 Å². The molecule has 6 heteroatoms. The second-order valence-electron chi connectivity index (χ2n) is 4.10. The molecule has 1 aromatic heterocycles. The fourth-order valence-electron chi connectivity index (χ4n) is 1.92. The number of rotatable bonds is 1. The molecule has 3 N–H and O–H groups in total. The van der Waals surface area contributed by atoms with Crippen LogP contribution in [0.3, 0.4) is 0 Å². The van der Waals surface area contributed by atoms with E-state index in [-0.39, 0.29) is 0 Å². The highest BCUT2D eigenvalue weighted by molar-refractivity contribution is 9.10. The van der Waals surface area contributed by atoms with Gasteiger partial charge in [-0.25, -0.2) is 4.98 Å². The molecule has 3 aromatic rings. The Hall–Kier alpha value is -1.04. The second-order valence-corrected chi connectivity index (χ2v) is 6.34. The van der Waals surface area contributed by atoms with Gasteiger partial charge in [0.1, 0.15) is 11.3 Å². The number of hydrogen-bond donors (Lipinski definition) is 2. The van der Waals surface area contributed by atoms with Crippen LogP contribution in [0.5, 0.6) is 0 Å². The summed E-state index contributed by atoms with van der Waals surface area (Å²) in [5.41, 5.74) is 9.05. The van der Waals surface area contributed by atoms with Gasteiger partial charge in [0, 0.05) is 14.5 Å². The maximum Gasteiger partial charge on any atom is 0.140 e. The van der Waals surface area contributed by atoms with Crippen molar-refractivity contribution >= 4 is 60.2 Å². The Balaban J connectivity index is 2.23. The van der Waals surface area contributed by atoms with E-state index in [4.69, 9.17) is 17.3 Å². The van der Waals surface area contributed by atoms with Gasteiger partial charge in [-0.15, -0.1) is 0 Å². The minimum Gasteiger partial charge on any atom is -0.397 e. The van der Waals surface area contributed by atoms with Crippen molar-refractivity contribution in [1.29, 1.82) is 0 Å². The van der Waals surface area contributed by atoms with Crippen molar-refractivity contribution in [3.8, 4) is 11.4 Å². The molecule has 0 radical (unpaired) electrons. The number of nitrogens with two attached hydrogens (primary N) is 1. The van der Waals surface area contributed by atoms with Crippen LogP contribution in [-0.4, -0.2) is 9.97 Å². The highest BCUT2D eigenvalue weighted by Gasteiger charge is 2.11. The molecular weight excluding hydrogens is 393 g/mol. The van der Waals surface area contributed by atoms with E-state index in [0.29, 0.717) is 16.5 Å². The van der Waals surface area contributed by atoms with Gasteiger partial charge < -0.3 is 10.7 Å². The third-order valence-corrected chi connectivity index (χ3v) is 4.03. The summed E-state index contributed by atoms with van der Waals surface area (Å²) in [6.45, 7) is 0. The molecule has 0 spiro atoms. The quantitative estimate of drug-likeness (QED) is 0.565. The van der Waals surface area contributed by atoms with Crippen molar-refractivity contribution < 1.29 is 0 Å². The second kappa shape index (κ2) is 4.81. The van der Waals surface area contributed by atoms with Gasteiger partial charge in [0.25, 0.3) is 0 Å². The van der Waals surface area contributed by atoms with Crippen LogP contribution in [0.2, 0.25) is 5.02 Å². The number of nitrogens with one attached hydrogen (secondary N) is 1. The summed E-state index contributed by atoms with van der Waals surface area (Å²) in [6, 6.07) is 9.44. The molecular formula is C13H8Br2ClN3. The molecule has 3 rings (SSSR count). The number of anilines is 1. The van der Waals surface area contributed by atoms with Crippen LogP contribution in [-0.2, 0) is 0 Å². The summed E-state index contributed by atoms with van der Waals surface area (Å²) >= 11 is 13.0. The summed E-state index contributed by atoms with van der Waals surface area (Å²) in [4.78, 5) is 7.75. The number of halogens is 3. The monoisotopic (exact) mass is 399 g/mol. The highest BCUT2D eigenvalue weighted by Crippen LogP contribution is 2.32. The number of benzene rings is 2. The zero-order chi connectivity index (χ0) is 13.6. The summed E-state index contributed by atoms with van der Waals surface area (Å²) in [7, 11) is 0.